The average molecular weight is 292 g/mol. The molecule has 4 nitrogen and oxygen atoms in total. The maximum absolute atomic E-state index is 11.9. The van der Waals surface area contributed by atoms with Gasteiger partial charge < -0.3 is 15.8 Å². The molecule has 1 amide bonds. The molecule has 3 N–H and O–H groups in total. The van der Waals surface area contributed by atoms with Gasteiger partial charge in [0.15, 0.2) is 0 Å². The van der Waals surface area contributed by atoms with E-state index in [4.69, 9.17) is 10.5 Å². The summed E-state index contributed by atoms with van der Waals surface area (Å²) in [5.41, 5.74) is 7.97. The number of nitrogens with one attached hydrogen (secondary N) is 1. The van der Waals surface area contributed by atoms with E-state index < -0.39 is 0 Å². The van der Waals surface area contributed by atoms with E-state index in [0.29, 0.717) is 19.6 Å². The monoisotopic (exact) mass is 292 g/mol. The first kappa shape index (κ1) is 17.5. The van der Waals surface area contributed by atoms with Gasteiger partial charge in [-0.1, -0.05) is 37.5 Å². The lowest BCUT2D eigenvalue weighted by atomic mass is 10.1. The number of carbonyl (C=O) groups is 1. The summed E-state index contributed by atoms with van der Waals surface area (Å²) in [6, 6.07) is 6.12. The zero-order chi connectivity index (χ0) is 15.7. The summed E-state index contributed by atoms with van der Waals surface area (Å²) in [4.78, 5) is 11.9. The molecule has 0 aromatic heterocycles. The van der Waals surface area contributed by atoms with Gasteiger partial charge in [-0.3, -0.25) is 4.79 Å². The number of amides is 1. The van der Waals surface area contributed by atoms with Crippen molar-refractivity contribution >= 4 is 5.91 Å². The summed E-state index contributed by atoms with van der Waals surface area (Å²) in [7, 11) is 0. The molecule has 0 aliphatic heterocycles. The van der Waals surface area contributed by atoms with Gasteiger partial charge in [0.05, 0.1) is 13.0 Å². The summed E-state index contributed by atoms with van der Waals surface area (Å²) in [5, 5.41) is 2.97. The van der Waals surface area contributed by atoms with Crippen molar-refractivity contribution in [1.82, 2.24) is 5.32 Å². The third-order valence-electron chi connectivity index (χ3n) is 3.47. The van der Waals surface area contributed by atoms with Crippen LogP contribution >= 0.6 is 0 Å². The molecule has 0 saturated heterocycles. The van der Waals surface area contributed by atoms with Gasteiger partial charge in [0.2, 0.25) is 5.91 Å². The number of hydrogen-bond acceptors (Lipinski definition) is 3. The van der Waals surface area contributed by atoms with Gasteiger partial charge in [0.1, 0.15) is 5.75 Å². The number of aryl methyl sites for hydroxylation is 2. The van der Waals surface area contributed by atoms with Gasteiger partial charge in [-0.15, -0.1) is 0 Å². The molecule has 0 saturated carbocycles. The van der Waals surface area contributed by atoms with Crippen LogP contribution in [-0.4, -0.2) is 25.1 Å². The fraction of sp³-hybridized carbons (Fsp3) is 0.588. The molecular formula is C17H28N2O2. The van der Waals surface area contributed by atoms with Crippen LogP contribution in [0.4, 0.5) is 0 Å². The molecule has 0 fully saturated rings. The Morgan fingerprint density at radius 2 is 2.14 bits per heavy atom. The molecule has 1 aromatic carbocycles. The van der Waals surface area contributed by atoms with Gasteiger partial charge in [-0.2, -0.15) is 0 Å². The van der Waals surface area contributed by atoms with Gasteiger partial charge in [0, 0.05) is 12.6 Å². The van der Waals surface area contributed by atoms with E-state index in [-0.39, 0.29) is 11.9 Å². The fourth-order valence-electron chi connectivity index (χ4n) is 2.21. The molecule has 0 heterocycles. The van der Waals surface area contributed by atoms with Crippen molar-refractivity contribution in [1.29, 1.82) is 0 Å². The number of ether oxygens (including phenoxy) is 1. The first-order valence-corrected chi connectivity index (χ1v) is 7.76. The minimum Gasteiger partial charge on any atom is -0.493 e. The second-order valence-corrected chi connectivity index (χ2v) is 5.51. The molecule has 0 aliphatic carbocycles. The fourth-order valence-corrected chi connectivity index (χ4v) is 2.21. The van der Waals surface area contributed by atoms with Crippen molar-refractivity contribution in [3.63, 3.8) is 0 Å². The predicted molar refractivity (Wildman–Crippen MR) is 86.5 cm³/mol. The quantitative estimate of drug-likeness (QED) is 0.735. The van der Waals surface area contributed by atoms with Crippen LogP contribution in [0.3, 0.4) is 0 Å². The first-order valence-electron chi connectivity index (χ1n) is 7.76. The van der Waals surface area contributed by atoms with Gasteiger partial charge in [0.25, 0.3) is 0 Å². The normalized spacial score (nSPS) is 12.0. The molecule has 0 aliphatic rings. The van der Waals surface area contributed by atoms with E-state index in [1.165, 1.54) is 5.56 Å². The molecule has 0 bridgehead atoms. The third kappa shape index (κ3) is 6.63. The van der Waals surface area contributed by atoms with E-state index in [9.17, 15) is 4.79 Å². The van der Waals surface area contributed by atoms with Crippen LogP contribution in [0, 0.1) is 13.8 Å². The van der Waals surface area contributed by atoms with E-state index in [1.807, 2.05) is 26.0 Å². The Morgan fingerprint density at radius 1 is 1.38 bits per heavy atom. The highest BCUT2D eigenvalue weighted by atomic mass is 16.5. The summed E-state index contributed by atoms with van der Waals surface area (Å²) < 4.78 is 5.67. The van der Waals surface area contributed by atoms with Crippen LogP contribution in [0.2, 0.25) is 0 Å². The standard InChI is InChI=1S/C17H28N2O2/c1-4-5-6-15(12-18)19-17(20)9-10-21-16-8-7-13(2)11-14(16)3/h7-8,11,15H,4-6,9-10,12,18H2,1-3H3,(H,19,20). The van der Waals surface area contributed by atoms with Crippen molar-refractivity contribution in [2.45, 2.75) is 52.5 Å². The molecule has 118 valence electrons. The van der Waals surface area contributed by atoms with Crippen LogP contribution < -0.4 is 15.8 Å². The highest BCUT2D eigenvalue weighted by Crippen LogP contribution is 2.18. The third-order valence-corrected chi connectivity index (χ3v) is 3.47. The number of hydrogen-bond donors (Lipinski definition) is 2. The van der Waals surface area contributed by atoms with Gasteiger partial charge in [-0.25, -0.2) is 0 Å². The number of carbonyl (C=O) groups excluding carboxylic acids is 1. The van der Waals surface area contributed by atoms with E-state index in [0.717, 1.165) is 30.6 Å². The Bertz CT molecular complexity index is 446. The van der Waals surface area contributed by atoms with E-state index in [1.54, 1.807) is 0 Å². The van der Waals surface area contributed by atoms with Crippen molar-refractivity contribution in [3.8, 4) is 5.75 Å². The summed E-state index contributed by atoms with van der Waals surface area (Å²) in [6.45, 7) is 7.07. The number of unbranched alkanes of at least 4 members (excludes halogenated alkanes) is 1. The zero-order valence-electron chi connectivity index (χ0n) is 13.4. The molecular weight excluding hydrogens is 264 g/mol. The van der Waals surface area contributed by atoms with Gasteiger partial charge in [-0.05, 0) is 31.9 Å². The highest BCUT2D eigenvalue weighted by molar-refractivity contribution is 5.76. The molecule has 1 rings (SSSR count). The Balaban J connectivity index is 2.32. The smallest absolute Gasteiger partial charge is 0.223 e. The summed E-state index contributed by atoms with van der Waals surface area (Å²) in [6.07, 6.45) is 3.50. The number of nitrogens with two attached hydrogens (primary N) is 1. The summed E-state index contributed by atoms with van der Waals surface area (Å²) >= 11 is 0. The molecule has 4 heteroatoms. The lowest BCUT2D eigenvalue weighted by molar-refractivity contribution is -0.122. The molecule has 0 spiro atoms. The molecule has 21 heavy (non-hydrogen) atoms. The van der Waals surface area contributed by atoms with Crippen LogP contribution in [0.25, 0.3) is 0 Å². The maximum Gasteiger partial charge on any atom is 0.223 e. The van der Waals surface area contributed by atoms with Crippen molar-refractivity contribution in [2.75, 3.05) is 13.2 Å². The Kier molecular flexibility index (Phi) is 7.83. The minimum atomic E-state index is 0.00585. The molecule has 1 aromatic rings. The SMILES string of the molecule is CCCCC(CN)NC(=O)CCOc1ccc(C)cc1C. The second-order valence-electron chi connectivity index (χ2n) is 5.51. The van der Waals surface area contributed by atoms with E-state index in [2.05, 4.69) is 18.3 Å². The average Bonchev–Trinajstić information content (AvgIpc) is 2.45. The predicted octanol–water partition coefficient (Wildman–Crippen LogP) is 2.71. The zero-order valence-corrected chi connectivity index (χ0v) is 13.4. The molecule has 1 atom stereocenters. The van der Waals surface area contributed by atoms with Crippen LogP contribution in [-0.2, 0) is 4.79 Å². The van der Waals surface area contributed by atoms with Gasteiger partial charge >= 0.3 is 0 Å². The van der Waals surface area contributed by atoms with Crippen LogP contribution in [0.15, 0.2) is 18.2 Å². The number of rotatable bonds is 9. The maximum atomic E-state index is 11.9. The lowest BCUT2D eigenvalue weighted by Gasteiger charge is -2.16. The summed E-state index contributed by atoms with van der Waals surface area (Å²) in [5.74, 6) is 0.848. The van der Waals surface area contributed by atoms with Crippen molar-refractivity contribution in [3.05, 3.63) is 29.3 Å². The molecule has 0 radical (unpaired) electrons. The van der Waals surface area contributed by atoms with Crippen molar-refractivity contribution in [2.24, 2.45) is 5.73 Å². The molecule has 1 unspecified atom stereocenters. The Morgan fingerprint density at radius 3 is 2.76 bits per heavy atom. The van der Waals surface area contributed by atoms with E-state index >= 15 is 0 Å². The Hall–Kier alpha value is -1.55. The van der Waals surface area contributed by atoms with Crippen LogP contribution in [0.1, 0.15) is 43.7 Å². The van der Waals surface area contributed by atoms with Crippen molar-refractivity contribution < 1.29 is 9.53 Å². The van der Waals surface area contributed by atoms with Crippen LogP contribution in [0.5, 0.6) is 5.75 Å². The largest absolute Gasteiger partial charge is 0.493 e. The Labute approximate surface area is 128 Å². The second kappa shape index (κ2) is 9.40. The lowest BCUT2D eigenvalue weighted by Crippen LogP contribution is -2.40. The first-order chi connectivity index (χ1) is 10.1. The highest BCUT2D eigenvalue weighted by Gasteiger charge is 2.10. The topological polar surface area (TPSA) is 64.3 Å². The minimum absolute atomic E-state index is 0.00585. The number of benzene rings is 1.